The molecule has 1 amide bonds. The minimum atomic E-state index is -1.08. The number of hydrogen-bond donors (Lipinski definition) is 1. The van der Waals surface area contributed by atoms with E-state index in [1.54, 1.807) is 25.3 Å². The first kappa shape index (κ1) is 19.1. The molecule has 2 aromatic rings. The molecule has 138 valence electrons. The number of nitrogens with zero attached hydrogens (tertiary/aromatic N) is 1. The first-order valence-corrected chi connectivity index (χ1v) is 9.40. The number of ether oxygens (including phenoxy) is 1. The third kappa shape index (κ3) is 4.37. The van der Waals surface area contributed by atoms with Crippen LogP contribution in [0.2, 0.25) is 0 Å². The van der Waals surface area contributed by atoms with Crippen LogP contribution in [0.25, 0.3) is 6.08 Å². The zero-order valence-corrected chi connectivity index (χ0v) is 16.1. The second-order valence-electron chi connectivity index (χ2n) is 5.87. The van der Waals surface area contributed by atoms with E-state index in [1.807, 2.05) is 42.5 Å². The minimum absolute atomic E-state index is 0.193. The third-order valence-electron chi connectivity index (χ3n) is 4.11. The number of carboxylic acids is 1. The molecule has 1 unspecified atom stereocenters. The summed E-state index contributed by atoms with van der Waals surface area (Å²) in [6.07, 6.45) is 1.90. The summed E-state index contributed by atoms with van der Waals surface area (Å²) in [5, 5.41) is 9.67. The predicted molar refractivity (Wildman–Crippen MR) is 110 cm³/mol. The molecule has 0 saturated carbocycles. The summed E-state index contributed by atoms with van der Waals surface area (Å²) in [5.74, 6) is -0.751. The van der Waals surface area contributed by atoms with Gasteiger partial charge in [-0.25, -0.2) is 4.79 Å². The average Bonchev–Trinajstić information content (AvgIpc) is 2.94. The van der Waals surface area contributed by atoms with Crippen LogP contribution in [-0.2, 0) is 16.0 Å². The van der Waals surface area contributed by atoms with Gasteiger partial charge >= 0.3 is 5.97 Å². The second kappa shape index (κ2) is 8.37. The molecular formula is C20H17NO4S2. The fourth-order valence-electron chi connectivity index (χ4n) is 2.73. The zero-order chi connectivity index (χ0) is 19.4. The fraction of sp³-hybridized carbons (Fsp3) is 0.150. The molecule has 27 heavy (non-hydrogen) atoms. The van der Waals surface area contributed by atoms with E-state index in [4.69, 9.17) is 17.0 Å². The van der Waals surface area contributed by atoms with E-state index in [-0.39, 0.29) is 16.6 Å². The van der Waals surface area contributed by atoms with E-state index in [1.165, 1.54) is 4.90 Å². The number of aliphatic carboxylic acids is 1. The van der Waals surface area contributed by atoms with Crippen molar-refractivity contribution in [2.75, 3.05) is 7.11 Å². The fourth-order valence-corrected chi connectivity index (χ4v) is 4.08. The summed E-state index contributed by atoms with van der Waals surface area (Å²) in [5.41, 5.74) is 1.64. The van der Waals surface area contributed by atoms with Gasteiger partial charge < -0.3 is 9.84 Å². The summed E-state index contributed by atoms with van der Waals surface area (Å²) >= 11 is 6.42. The maximum absolute atomic E-state index is 12.8. The Bertz CT molecular complexity index is 894. The quantitative estimate of drug-likeness (QED) is 0.591. The molecule has 0 radical (unpaired) electrons. The SMILES string of the molecule is COc1ccc(C=C2SC(=S)N(C(Cc3ccccc3)C(=O)O)C2=O)cc1. The Morgan fingerprint density at radius 3 is 2.48 bits per heavy atom. The molecule has 3 rings (SSSR count). The molecule has 0 aromatic heterocycles. The topological polar surface area (TPSA) is 66.8 Å². The summed E-state index contributed by atoms with van der Waals surface area (Å²) in [6.45, 7) is 0. The van der Waals surface area contributed by atoms with Gasteiger partial charge in [-0.2, -0.15) is 0 Å². The normalized spacial score (nSPS) is 16.6. The molecular weight excluding hydrogens is 382 g/mol. The number of hydrogen-bond acceptors (Lipinski definition) is 5. The van der Waals surface area contributed by atoms with E-state index in [9.17, 15) is 14.7 Å². The summed E-state index contributed by atoms with van der Waals surface area (Å²) in [4.78, 5) is 26.3. The van der Waals surface area contributed by atoms with E-state index in [2.05, 4.69) is 0 Å². The Morgan fingerprint density at radius 1 is 1.22 bits per heavy atom. The minimum Gasteiger partial charge on any atom is -0.497 e. The molecule has 0 bridgehead atoms. The van der Waals surface area contributed by atoms with Crippen LogP contribution >= 0.6 is 24.0 Å². The number of carboxylic acid groups (broad SMARTS) is 1. The van der Waals surface area contributed by atoms with Gasteiger partial charge in [-0.3, -0.25) is 9.69 Å². The molecule has 5 nitrogen and oxygen atoms in total. The Hall–Kier alpha value is -2.64. The van der Waals surface area contributed by atoms with Gasteiger partial charge in [0.25, 0.3) is 5.91 Å². The van der Waals surface area contributed by atoms with Crippen molar-refractivity contribution in [1.82, 2.24) is 4.90 Å². The summed E-state index contributed by atoms with van der Waals surface area (Å²) in [6, 6.07) is 15.4. The molecule has 2 aromatic carbocycles. The van der Waals surface area contributed by atoms with Crippen molar-refractivity contribution in [3.63, 3.8) is 0 Å². The molecule has 1 aliphatic rings. The lowest BCUT2D eigenvalue weighted by atomic mass is 10.0. The number of amides is 1. The number of benzene rings is 2. The number of methoxy groups -OCH3 is 1. The molecule has 0 aliphatic carbocycles. The van der Waals surface area contributed by atoms with Gasteiger partial charge in [0.05, 0.1) is 12.0 Å². The Kier molecular flexibility index (Phi) is 5.93. The smallest absolute Gasteiger partial charge is 0.327 e. The highest BCUT2D eigenvalue weighted by Gasteiger charge is 2.40. The number of thioether (sulfide) groups is 1. The number of carbonyl (C=O) groups is 2. The molecule has 1 atom stereocenters. The average molecular weight is 399 g/mol. The highest BCUT2D eigenvalue weighted by molar-refractivity contribution is 8.26. The van der Waals surface area contributed by atoms with Gasteiger partial charge in [-0.15, -0.1) is 0 Å². The van der Waals surface area contributed by atoms with Crippen molar-refractivity contribution in [3.05, 3.63) is 70.6 Å². The van der Waals surface area contributed by atoms with Crippen molar-refractivity contribution < 1.29 is 19.4 Å². The number of thiocarbonyl (C=S) groups is 1. The molecule has 1 saturated heterocycles. The van der Waals surface area contributed by atoms with Crippen LogP contribution in [0.5, 0.6) is 5.75 Å². The monoisotopic (exact) mass is 399 g/mol. The number of carbonyl (C=O) groups excluding carboxylic acids is 1. The van der Waals surface area contributed by atoms with Gasteiger partial charge in [-0.1, -0.05) is 66.4 Å². The van der Waals surface area contributed by atoms with Crippen molar-refractivity contribution >= 4 is 46.3 Å². The van der Waals surface area contributed by atoms with Crippen LogP contribution in [0.1, 0.15) is 11.1 Å². The first-order valence-electron chi connectivity index (χ1n) is 8.17. The van der Waals surface area contributed by atoms with E-state index in [0.29, 0.717) is 10.7 Å². The third-order valence-corrected chi connectivity index (χ3v) is 5.44. The first-order chi connectivity index (χ1) is 13.0. The summed E-state index contributed by atoms with van der Waals surface area (Å²) < 4.78 is 5.37. The van der Waals surface area contributed by atoms with Crippen molar-refractivity contribution in [3.8, 4) is 5.75 Å². The van der Waals surface area contributed by atoms with Crippen LogP contribution in [0, 0.1) is 0 Å². The molecule has 1 heterocycles. The van der Waals surface area contributed by atoms with Gasteiger partial charge in [0.1, 0.15) is 16.1 Å². The second-order valence-corrected chi connectivity index (χ2v) is 7.54. The van der Waals surface area contributed by atoms with Gasteiger partial charge in [0.2, 0.25) is 0 Å². The van der Waals surface area contributed by atoms with E-state index < -0.39 is 12.0 Å². The van der Waals surface area contributed by atoms with Gasteiger partial charge in [0.15, 0.2) is 0 Å². The molecule has 0 spiro atoms. The molecule has 7 heteroatoms. The van der Waals surface area contributed by atoms with E-state index >= 15 is 0 Å². The summed E-state index contributed by atoms with van der Waals surface area (Å²) in [7, 11) is 1.58. The van der Waals surface area contributed by atoms with Crippen LogP contribution in [-0.4, -0.2) is 39.4 Å². The van der Waals surface area contributed by atoms with Crippen molar-refractivity contribution in [2.45, 2.75) is 12.5 Å². The van der Waals surface area contributed by atoms with Gasteiger partial charge in [0, 0.05) is 6.42 Å². The zero-order valence-electron chi connectivity index (χ0n) is 14.5. The van der Waals surface area contributed by atoms with Crippen LogP contribution < -0.4 is 4.74 Å². The largest absolute Gasteiger partial charge is 0.497 e. The van der Waals surface area contributed by atoms with Crippen molar-refractivity contribution in [2.24, 2.45) is 0 Å². The highest BCUT2D eigenvalue weighted by Crippen LogP contribution is 2.35. The Labute approximate surface area is 166 Å². The van der Waals surface area contributed by atoms with Gasteiger partial charge in [-0.05, 0) is 29.3 Å². The Balaban J connectivity index is 1.84. The predicted octanol–water partition coefficient (Wildman–Crippen LogP) is 3.59. The molecule has 1 N–H and O–H groups in total. The van der Waals surface area contributed by atoms with Crippen LogP contribution in [0.3, 0.4) is 0 Å². The standard InChI is InChI=1S/C20H17NO4S2/c1-25-15-9-7-14(8-10-15)12-17-18(22)21(20(26)27-17)16(19(23)24)11-13-5-3-2-4-6-13/h2-10,12,16H,11H2,1H3,(H,23,24). The lowest BCUT2D eigenvalue weighted by molar-refractivity contribution is -0.145. The lowest BCUT2D eigenvalue weighted by Crippen LogP contribution is -2.45. The number of rotatable bonds is 6. The maximum Gasteiger partial charge on any atom is 0.327 e. The Morgan fingerprint density at radius 2 is 1.89 bits per heavy atom. The van der Waals surface area contributed by atoms with Crippen LogP contribution in [0.4, 0.5) is 0 Å². The highest BCUT2D eigenvalue weighted by atomic mass is 32.2. The van der Waals surface area contributed by atoms with Crippen LogP contribution in [0.15, 0.2) is 59.5 Å². The maximum atomic E-state index is 12.8. The van der Waals surface area contributed by atoms with E-state index in [0.717, 1.165) is 22.9 Å². The molecule has 1 aliphatic heterocycles. The molecule has 1 fully saturated rings. The van der Waals surface area contributed by atoms with Crippen molar-refractivity contribution in [1.29, 1.82) is 0 Å². The lowest BCUT2D eigenvalue weighted by Gasteiger charge is -2.23.